The van der Waals surface area contributed by atoms with Gasteiger partial charge in [0, 0.05) is 5.75 Å². The first-order chi connectivity index (χ1) is 8.68. The van der Waals surface area contributed by atoms with Crippen molar-refractivity contribution in [2.75, 3.05) is 5.75 Å². The van der Waals surface area contributed by atoms with Crippen LogP contribution in [0.5, 0.6) is 0 Å². The van der Waals surface area contributed by atoms with Crippen LogP contribution in [0.2, 0.25) is 0 Å². The Bertz CT molecular complexity index is 354. The number of carboxylic acid groups (broad SMARTS) is 2. The second-order valence-corrected chi connectivity index (χ2v) is 6.09. The van der Waals surface area contributed by atoms with Gasteiger partial charge < -0.3 is 33.1 Å². The third kappa shape index (κ3) is 6.22. The topological polar surface area (TPSA) is 196 Å². The molecule has 0 amide bonds. The molecule has 0 spiro atoms. The van der Waals surface area contributed by atoms with Crippen molar-refractivity contribution in [1.82, 2.24) is 0 Å². The van der Waals surface area contributed by atoms with E-state index in [1.807, 2.05) is 0 Å². The van der Waals surface area contributed by atoms with E-state index in [1.165, 1.54) is 0 Å². The highest BCUT2D eigenvalue weighted by molar-refractivity contribution is 8.77. The number of carbonyl (C=O) groups is 3. The summed E-state index contributed by atoms with van der Waals surface area (Å²) < 4.78 is 0. The average molecular weight is 312 g/mol. The van der Waals surface area contributed by atoms with Gasteiger partial charge in [-0.1, -0.05) is 21.6 Å². The Morgan fingerprint density at radius 1 is 1.00 bits per heavy atom. The van der Waals surface area contributed by atoms with Crippen molar-refractivity contribution in [2.45, 2.75) is 23.5 Å². The third-order valence-electron chi connectivity index (χ3n) is 1.96. The number of carbonyl (C=O) groups excluding carboxylic acids is 1. The maximum absolute atomic E-state index is 11.6. The number of carboxylic acids is 2. The fourth-order valence-electron chi connectivity index (χ4n) is 0.861. The van der Waals surface area contributed by atoms with E-state index >= 15 is 0 Å². The van der Waals surface area contributed by atoms with Crippen LogP contribution in [0.1, 0.15) is 0 Å². The van der Waals surface area contributed by atoms with Crippen molar-refractivity contribution in [3.8, 4) is 0 Å². The summed E-state index contributed by atoms with van der Waals surface area (Å²) in [7, 11) is 1.72. The van der Waals surface area contributed by atoms with Crippen LogP contribution >= 0.6 is 21.6 Å². The molecule has 0 aliphatic heterocycles. The van der Waals surface area contributed by atoms with Gasteiger partial charge in [0.25, 0.3) is 0 Å². The molecule has 19 heavy (non-hydrogen) atoms. The van der Waals surface area contributed by atoms with E-state index < -0.39 is 41.2 Å². The standard InChI is InChI=1S/C8H16N4O5S2/c9-2(7(14)15)1-18-19-5(3(10)8(16)17)4(13)6(11)12/h2-3,5-6H,1,9-12H2,(H,14,15)(H,16,17)/t2-,3-,5?/m0/s1. The van der Waals surface area contributed by atoms with Crippen LogP contribution in [-0.4, -0.2) is 57.2 Å². The lowest BCUT2D eigenvalue weighted by molar-refractivity contribution is -0.140. The first kappa shape index (κ1) is 18.1. The van der Waals surface area contributed by atoms with Gasteiger partial charge in [-0.2, -0.15) is 0 Å². The molecule has 11 heteroatoms. The van der Waals surface area contributed by atoms with Gasteiger partial charge in [0.2, 0.25) is 0 Å². The van der Waals surface area contributed by atoms with Gasteiger partial charge in [0.1, 0.15) is 23.5 Å². The van der Waals surface area contributed by atoms with Crippen LogP contribution in [0.4, 0.5) is 0 Å². The SMILES string of the molecule is NC(N)C(=O)C(SSC[C@H](N)C(=O)O)[C@H](N)C(=O)O. The zero-order chi connectivity index (χ0) is 15.2. The predicted molar refractivity (Wildman–Crippen MR) is 72.2 cm³/mol. The monoisotopic (exact) mass is 312 g/mol. The third-order valence-corrected chi connectivity index (χ3v) is 4.76. The summed E-state index contributed by atoms with van der Waals surface area (Å²) in [5.41, 5.74) is 21.0. The first-order valence-electron chi connectivity index (χ1n) is 4.98. The van der Waals surface area contributed by atoms with Gasteiger partial charge in [-0.25, -0.2) is 0 Å². The van der Waals surface area contributed by atoms with E-state index in [9.17, 15) is 14.4 Å². The van der Waals surface area contributed by atoms with E-state index in [0.29, 0.717) is 0 Å². The molecule has 0 bridgehead atoms. The molecule has 0 aromatic rings. The second-order valence-electron chi connectivity index (χ2n) is 3.54. The Labute approximate surface area is 116 Å². The van der Waals surface area contributed by atoms with Crippen molar-refractivity contribution in [3.05, 3.63) is 0 Å². The minimum atomic E-state index is -1.49. The number of nitrogens with two attached hydrogens (primary N) is 4. The summed E-state index contributed by atoms with van der Waals surface area (Å²) >= 11 is 0. The summed E-state index contributed by atoms with van der Waals surface area (Å²) in [5.74, 6) is -3.32. The number of hydrogen-bond donors (Lipinski definition) is 6. The van der Waals surface area contributed by atoms with E-state index in [2.05, 4.69) is 0 Å². The molecule has 0 saturated heterocycles. The summed E-state index contributed by atoms with van der Waals surface area (Å²) in [6.45, 7) is 0. The largest absolute Gasteiger partial charge is 0.480 e. The lowest BCUT2D eigenvalue weighted by Crippen LogP contribution is -2.52. The number of ketones is 1. The van der Waals surface area contributed by atoms with Crippen LogP contribution in [0.3, 0.4) is 0 Å². The Balaban J connectivity index is 4.56. The lowest BCUT2D eigenvalue weighted by atomic mass is 10.1. The minimum absolute atomic E-state index is 0.0179. The Hall–Kier alpha value is -0.850. The van der Waals surface area contributed by atoms with Crippen LogP contribution in [0, 0.1) is 0 Å². The molecule has 1 unspecified atom stereocenters. The van der Waals surface area contributed by atoms with E-state index in [1.54, 1.807) is 0 Å². The molecule has 110 valence electrons. The molecule has 0 fully saturated rings. The average Bonchev–Trinajstić information content (AvgIpc) is 2.32. The molecule has 0 heterocycles. The molecule has 10 N–H and O–H groups in total. The van der Waals surface area contributed by atoms with Gasteiger partial charge in [0.15, 0.2) is 5.78 Å². The molecule has 0 aliphatic carbocycles. The van der Waals surface area contributed by atoms with Crippen LogP contribution in [0.15, 0.2) is 0 Å². The summed E-state index contributed by atoms with van der Waals surface area (Å²) in [5, 5.41) is 16.2. The smallest absolute Gasteiger partial charge is 0.322 e. The molecule has 0 radical (unpaired) electrons. The summed E-state index contributed by atoms with van der Waals surface area (Å²) in [4.78, 5) is 32.9. The first-order valence-corrected chi connectivity index (χ1v) is 7.36. The van der Waals surface area contributed by atoms with E-state index in [4.69, 9.17) is 33.1 Å². The van der Waals surface area contributed by atoms with Crippen molar-refractivity contribution in [2.24, 2.45) is 22.9 Å². The summed E-state index contributed by atoms with van der Waals surface area (Å²) in [6.07, 6.45) is -1.35. The van der Waals surface area contributed by atoms with Gasteiger partial charge in [-0.15, -0.1) is 0 Å². The molecular weight excluding hydrogens is 296 g/mol. The molecule has 0 saturated carbocycles. The normalized spacial score (nSPS) is 15.8. The second kappa shape index (κ2) is 8.35. The fourth-order valence-corrected chi connectivity index (χ4v) is 3.62. The number of hydrogen-bond acceptors (Lipinski definition) is 9. The number of Topliss-reactive ketones (excluding diaryl/α,β-unsaturated/α-hetero) is 1. The number of rotatable bonds is 9. The maximum Gasteiger partial charge on any atom is 0.322 e. The fraction of sp³-hybridized carbons (Fsp3) is 0.625. The molecule has 3 atom stereocenters. The predicted octanol–water partition coefficient (Wildman–Crippen LogP) is -2.63. The van der Waals surface area contributed by atoms with Crippen LogP contribution in [-0.2, 0) is 14.4 Å². The molecule has 0 aromatic heterocycles. The molecule has 9 nitrogen and oxygen atoms in total. The number of aliphatic carboxylic acids is 2. The molecular formula is C8H16N4O5S2. The van der Waals surface area contributed by atoms with Crippen molar-refractivity contribution < 1.29 is 24.6 Å². The minimum Gasteiger partial charge on any atom is -0.480 e. The zero-order valence-electron chi connectivity index (χ0n) is 9.76. The highest BCUT2D eigenvalue weighted by Gasteiger charge is 2.33. The van der Waals surface area contributed by atoms with Gasteiger partial charge in [0.05, 0.1) is 0 Å². The quantitative estimate of drug-likeness (QED) is 0.192. The Morgan fingerprint density at radius 3 is 1.89 bits per heavy atom. The van der Waals surface area contributed by atoms with Crippen LogP contribution in [0.25, 0.3) is 0 Å². The molecule has 0 rings (SSSR count). The van der Waals surface area contributed by atoms with Crippen LogP contribution < -0.4 is 22.9 Å². The van der Waals surface area contributed by atoms with Crippen molar-refractivity contribution in [3.63, 3.8) is 0 Å². The Morgan fingerprint density at radius 2 is 1.53 bits per heavy atom. The highest BCUT2D eigenvalue weighted by Crippen LogP contribution is 2.29. The molecule has 0 aromatic carbocycles. The van der Waals surface area contributed by atoms with E-state index in [-0.39, 0.29) is 5.75 Å². The van der Waals surface area contributed by atoms with Gasteiger partial charge >= 0.3 is 11.9 Å². The van der Waals surface area contributed by atoms with E-state index in [0.717, 1.165) is 21.6 Å². The lowest BCUT2D eigenvalue weighted by Gasteiger charge is -2.20. The highest BCUT2D eigenvalue weighted by atomic mass is 33.1. The Kier molecular flexibility index (Phi) is 7.97. The summed E-state index contributed by atoms with van der Waals surface area (Å²) in [6, 6.07) is -2.61. The van der Waals surface area contributed by atoms with Gasteiger partial charge in [-0.3, -0.25) is 14.4 Å². The van der Waals surface area contributed by atoms with Gasteiger partial charge in [-0.05, 0) is 0 Å². The van der Waals surface area contributed by atoms with Crippen molar-refractivity contribution >= 4 is 39.3 Å². The maximum atomic E-state index is 11.6. The van der Waals surface area contributed by atoms with Crippen molar-refractivity contribution in [1.29, 1.82) is 0 Å². The zero-order valence-corrected chi connectivity index (χ0v) is 11.4. The molecule has 0 aliphatic rings.